The largest absolute Gasteiger partial charge is 0.355 e. The Labute approximate surface area is 92.8 Å². The zero-order valence-electron chi connectivity index (χ0n) is 8.81. The lowest BCUT2D eigenvalue weighted by Gasteiger charge is -1.97. The number of aromatic nitrogens is 1. The first kappa shape index (κ1) is 9.36. The van der Waals surface area contributed by atoms with Gasteiger partial charge in [-0.05, 0) is 18.0 Å². The van der Waals surface area contributed by atoms with Crippen LogP contribution in [-0.2, 0) is 6.42 Å². The molecule has 3 heteroatoms. The Morgan fingerprint density at radius 2 is 1.94 bits per heavy atom. The van der Waals surface area contributed by atoms with Crippen LogP contribution in [0.15, 0.2) is 40.9 Å². The molecule has 0 atom stereocenters. The topological polar surface area (TPSA) is 52.0 Å². The monoisotopic (exact) mass is 212 g/mol. The molecule has 3 aromatic rings. The van der Waals surface area contributed by atoms with E-state index in [0.29, 0.717) is 6.54 Å². The summed E-state index contributed by atoms with van der Waals surface area (Å²) in [5.74, 6) is 0. The molecule has 0 aliphatic rings. The summed E-state index contributed by atoms with van der Waals surface area (Å²) in [4.78, 5) is 0. The maximum absolute atomic E-state index is 5.54. The molecule has 0 amide bonds. The van der Waals surface area contributed by atoms with Crippen molar-refractivity contribution in [1.82, 2.24) is 5.16 Å². The molecule has 0 saturated carbocycles. The molecule has 0 radical (unpaired) electrons. The van der Waals surface area contributed by atoms with E-state index in [1.54, 1.807) is 0 Å². The molecule has 1 aromatic heterocycles. The average Bonchev–Trinajstić information content (AvgIpc) is 2.73. The van der Waals surface area contributed by atoms with Crippen molar-refractivity contribution >= 4 is 21.7 Å². The summed E-state index contributed by atoms with van der Waals surface area (Å²) in [6.07, 6.45) is 0.755. The Bertz CT molecular complexity index is 643. The van der Waals surface area contributed by atoms with Crippen LogP contribution in [0.4, 0.5) is 0 Å². The molecule has 0 saturated heterocycles. The highest BCUT2D eigenvalue weighted by atomic mass is 16.5. The standard InChI is InChI=1S/C13H12N2O/c14-8-7-12-11-6-5-9-3-1-2-4-10(9)13(11)16-15-12/h1-6H,7-8,14H2. The highest BCUT2D eigenvalue weighted by molar-refractivity contribution is 6.04. The van der Waals surface area contributed by atoms with Crippen molar-refractivity contribution in [2.24, 2.45) is 5.73 Å². The summed E-state index contributed by atoms with van der Waals surface area (Å²) in [6, 6.07) is 12.3. The van der Waals surface area contributed by atoms with Crippen LogP contribution in [0.3, 0.4) is 0 Å². The van der Waals surface area contributed by atoms with Gasteiger partial charge in [0.15, 0.2) is 5.58 Å². The lowest BCUT2D eigenvalue weighted by Crippen LogP contribution is -2.02. The van der Waals surface area contributed by atoms with Gasteiger partial charge < -0.3 is 10.3 Å². The first-order valence-corrected chi connectivity index (χ1v) is 5.36. The summed E-state index contributed by atoms with van der Waals surface area (Å²) >= 11 is 0. The molecule has 16 heavy (non-hydrogen) atoms. The van der Waals surface area contributed by atoms with E-state index in [0.717, 1.165) is 28.5 Å². The summed E-state index contributed by atoms with van der Waals surface area (Å²) < 4.78 is 5.41. The van der Waals surface area contributed by atoms with Crippen molar-refractivity contribution in [1.29, 1.82) is 0 Å². The van der Waals surface area contributed by atoms with E-state index in [1.807, 2.05) is 12.1 Å². The van der Waals surface area contributed by atoms with Gasteiger partial charge in [-0.3, -0.25) is 0 Å². The van der Waals surface area contributed by atoms with Crippen molar-refractivity contribution in [3.63, 3.8) is 0 Å². The zero-order valence-corrected chi connectivity index (χ0v) is 8.81. The molecule has 2 aromatic carbocycles. The minimum atomic E-state index is 0.592. The van der Waals surface area contributed by atoms with Crippen LogP contribution < -0.4 is 5.73 Å². The normalized spacial score (nSPS) is 11.3. The van der Waals surface area contributed by atoms with Crippen LogP contribution >= 0.6 is 0 Å². The molecule has 0 bridgehead atoms. The average molecular weight is 212 g/mol. The van der Waals surface area contributed by atoms with Crippen molar-refractivity contribution in [3.05, 3.63) is 42.1 Å². The molecule has 3 nitrogen and oxygen atoms in total. The van der Waals surface area contributed by atoms with Crippen LogP contribution in [0.2, 0.25) is 0 Å². The molecular weight excluding hydrogens is 200 g/mol. The number of fused-ring (bicyclic) bond motifs is 3. The van der Waals surface area contributed by atoms with Crippen molar-refractivity contribution < 1.29 is 4.52 Å². The minimum Gasteiger partial charge on any atom is -0.355 e. The Morgan fingerprint density at radius 3 is 2.81 bits per heavy atom. The first-order chi connectivity index (χ1) is 7.90. The number of rotatable bonds is 2. The molecule has 0 aliphatic carbocycles. The predicted octanol–water partition coefficient (Wildman–Crippen LogP) is 2.48. The van der Waals surface area contributed by atoms with Gasteiger partial charge >= 0.3 is 0 Å². The quantitative estimate of drug-likeness (QED) is 0.710. The smallest absolute Gasteiger partial charge is 0.174 e. The van der Waals surface area contributed by atoms with E-state index in [-0.39, 0.29) is 0 Å². The van der Waals surface area contributed by atoms with Crippen LogP contribution in [0.5, 0.6) is 0 Å². The molecular formula is C13H12N2O. The Morgan fingerprint density at radius 1 is 1.06 bits per heavy atom. The molecule has 0 aliphatic heterocycles. The van der Waals surface area contributed by atoms with Crippen LogP contribution in [0.1, 0.15) is 5.69 Å². The maximum Gasteiger partial charge on any atom is 0.174 e. The first-order valence-electron chi connectivity index (χ1n) is 5.36. The minimum absolute atomic E-state index is 0.592. The van der Waals surface area contributed by atoms with E-state index < -0.39 is 0 Å². The number of nitrogens with zero attached hydrogens (tertiary/aromatic N) is 1. The number of benzene rings is 2. The molecule has 0 unspecified atom stereocenters. The van der Waals surface area contributed by atoms with Crippen LogP contribution in [0.25, 0.3) is 21.7 Å². The molecule has 3 rings (SSSR count). The van der Waals surface area contributed by atoms with E-state index >= 15 is 0 Å². The van der Waals surface area contributed by atoms with E-state index in [4.69, 9.17) is 10.3 Å². The second-order valence-electron chi connectivity index (χ2n) is 3.83. The van der Waals surface area contributed by atoms with Gasteiger partial charge in [0.1, 0.15) is 0 Å². The molecule has 1 heterocycles. The van der Waals surface area contributed by atoms with Gasteiger partial charge in [-0.2, -0.15) is 0 Å². The fraction of sp³-hybridized carbons (Fsp3) is 0.154. The second-order valence-corrected chi connectivity index (χ2v) is 3.83. The highest BCUT2D eigenvalue weighted by Gasteiger charge is 2.09. The van der Waals surface area contributed by atoms with Gasteiger partial charge in [0.2, 0.25) is 0 Å². The SMILES string of the molecule is NCCc1noc2c1ccc1ccccc12. The summed E-state index contributed by atoms with van der Waals surface area (Å²) in [5, 5.41) is 7.43. The predicted molar refractivity (Wildman–Crippen MR) is 64.3 cm³/mol. The zero-order chi connectivity index (χ0) is 11.0. The highest BCUT2D eigenvalue weighted by Crippen LogP contribution is 2.27. The van der Waals surface area contributed by atoms with Crippen molar-refractivity contribution in [2.45, 2.75) is 6.42 Å². The lowest BCUT2D eigenvalue weighted by atomic mass is 10.1. The van der Waals surface area contributed by atoms with Gasteiger partial charge in [-0.25, -0.2) is 0 Å². The van der Waals surface area contributed by atoms with Gasteiger partial charge in [0.25, 0.3) is 0 Å². The third-order valence-corrected chi connectivity index (χ3v) is 2.82. The number of nitrogens with two attached hydrogens (primary N) is 1. The molecule has 80 valence electrons. The third kappa shape index (κ3) is 1.29. The summed E-state index contributed by atoms with van der Waals surface area (Å²) in [6.45, 7) is 0.592. The fourth-order valence-electron chi connectivity index (χ4n) is 2.04. The fourth-order valence-corrected chi connectivity index (χ4v) is 2.04. The van der Waals surface area contributed by atoms with Gasteiger partial charge in [-0.15, -0.1) is 0 Å². The Hall–Kier alpha value is -1.87. The number of hydrogen-bond acceptors (Lipinski definition) is 3. The van der Waals surface area contributed by atoms with Crippen LogP contribution in [-0.4, -0.2) is 11.7 Å². The van der Waals surface area contributed by atoms with Crippen molar-refractivity contribution in [2.75, 3.05) is 6.54 Å². The van der Waals surface area contributed by atoms with Gasteiger partial charge in [0.05, 0.1) is 5.69 Å². The maximum atomic E-state index is 5.54. The van der Waals surface area contributed by atoms with Crippen molar-refractivity contribution in [3.8, 4) is 0 Å². The Kier molecular flexibility index (Phi) is 2.11. The lowest BCUT2D eigenvalue weighted by molar-refractivity contribution is 0.448. The van der Waals surface area contributed by atoms with E-state index in [1.165, 1.54) is 5.39 Å². The van der Waals surface area contributed by atoms with E-state index in [9.17, 15) is 0 Å². The molecule has 0 spiro atoms. The number of hydrogen-bond donors (Lipinski definition) is 1. The van der Waals surface area contributed by atoms with Crippen LogP contribution in [0, 0.1) is 0 Å². The summed E-state index contributed by atoms with van der Waals surface area (Å²) in [5.41, 5.74) is 7.35. The molecule has 2 N–H and O–H groups in total. The third-order valence-electron chi connectivity index (χ3n) is 2.82. The van der Waals surface area contributed by atoms with Gasteiger partial charge in [-0.1, -0.05) is 35.5 Å². The van der Waals surface area contributed by atoms with Gasteiger partial charge in [0, 0.05) is 17.2 Å². The summed E-state index contributed by atoms with van der Waals surface area (Å²) in [7, 11) is 0. The Balaban J connectivity index is 2.36. The molecule has 0 fully saturated rings. The van der Waals surface area contributed by atoms with E-state index in [2.05, 4.69) is 29.4 Å². The second kappa shape index (κ2) is 3.61.